The molecule has 16 nitrogen and oxygen atoms in total. The summed E-state index contributed by atoms with van der Waals surface area (Å²) < 4.78 is 12.0. The van der Waals surface area contributed by atoms with Gasteiger partial charge in [-0.1, -0.05) is 88.7 Å². The maximum absolute atomic E-state index is 13.9. The van der Waals surface area contributed by atoms with E-state index in [1.165, 1.54) is 4.82 Å². The molecular formula is C35H48N4O12Si2. The number of esters is 2. The maximum atomic E-state index is 13.9. The van der Waals surface area contributed by atoms with Crippen molar-refractivity contribution in [2.75, 3.05) is 0 Å². The normalized spacial score (nSPS) is 16.6. The van der Waals surface area contributed by atoms with Gasteiger partial charge < -0.3 is 9.47 Å². The predicted molar refractivity (Wildman–Crippen MR) is 202 cm³/mol. The van der Waals surface area contributed by atoms with E-state index in [2.05, 4.69) is 47.6 Å². The van der Waals surface area contributed by atoms with Crippen molar-refractivity contribution >= 4 is 50.8 Å². The first-order valence-electron chi connectivity index (χ1n) is 18.1. The molecule has 0 spiro atoms. The Hall–Kier alpha value is -4.85. The Balaban J connectivity index is 2.15. The zero-order valence-corrected chi connectivity index (χ0v) is 33.0. The predicted octanol–water partition coefficient (Wildman–Crippen LogP) is 9.28. The average molecular weight is 773 g/mol. The Morgan fingerprint density at radius 1 is 0.660 bits per heavy atom. The number of nitro benzene ring substituents is 4. The molecule has 1 fully saturated rings. The van der Waals surface area contributed by atoms with Gasteiger partial charge in [0.25, 0.3) is 22.7 Å². The Bertz CT molecular complexity index is 1660. The van der Waals surface area contributed by atoms with Gasteiger partial charge in [0.2, 0.25) is 0 Å². The number of hydrogen-bond donors (Lipinski definition) is 0. The fourth-order valence-corrected chi connectivity index (χ4v) is 21.8. The van der Waals surface area contributed by atoms with E-state index in [9.17, 15) is 50.0 Å². The minimum absolute atomic E-state index is 0.220. The van der Waals surface area contributed by atoms with Gasteiger partial charge in [0.1, 0.15) is 12.2 Å². The van der Waals surface area contributed by atoms with E-state index in [4.69, 9.17) is 9.47 Å². The van der Waals surface area contributed by atoms with Crippen LogP contribution in [0.5, 0.6) is 0 Å². The standard InChI is InChI=1S/C35H48N4O12Si2/c1-7-52(8-2,9-3)33(53(10-4,11-5)12-6)23-32(51-35(41)26-18-29(38(46)47)22-30(19-26)39(48)49)24-14-13-15-31(20-24)50-34(40)25-16-27(36(42)43)21-28(17-25)37(44)45/h16-19,21-24,31-32H,7-15,20H2,1-6H3/t24-,31+,32+/m1/s1. The van der Waals surface area contributed by atoms with Crippen LogP contribution in [0.25, 0.3) is 0 Å². The first-order chi connectivity index (χ1) is 25.0. The summed E-state index contributed by atoms with van der Waals surface area (Å²) in [5.41, 5.74) is -3.22. The van der Waals surface area contributed by atoms with Gasteiger partial charge in [0.05, 0.1) is 59.1 Å². The lowest BCUT2D eigenvalue weighted by atomic mass is 9.83. The van der Waals surface area contributed by atoms with Crippen molar-refractivity contribution in [2.45, 2.75) is 116 Å². The SMILES string of the molecule is CC[Si](CC)(CC)C(=C[C@H](OC(=O)c1cc([N+](=O)[O-])cc([N+](=O)[O-])c1)[C@@H]1CCC[C@H](OC(=O)c2cc([N+](=O)[O-])cc([N+](=O)[O-])c2)C1)[Si](CC)(CC)CC. The summed E-state index contributed by atoms with van der Waals surface area (Å²) in [6, 6.07) is 11.1. The lowest BCUT2D eigenvalue weighted by molar-refractivity contribution is -0.394. The first-order valence-corrected chi connectivity index (χ1v) is 23.3. The highest BCUT2D eigenvalue weighted by atomic mass is 28.4. The molecule has 3 atom stereocenters. The van der Waals surface area contributed by atoms with Crippen LogP contribution >= 0.6 is 0 Å². The highest BCUT2D eigenvalue weighted by Gasteiger charge is 2.45. The van der Waals surface area contributed by atoms with Crippen molar-refractivity contribution < 1.29 is 38.8 Å². The first kappa shape index (κ1) is 42.6. The van der Waals surface area contributed by atoms with Crippen molar-refractivity contribution in [3.63, 3.8) is 0 Å². The van der Waals surface area contributed by atoms with Gasteiger partial charge in [-0.25, -0.2) is 9.59 Å². The molecule has 0 heterocycles. The molecule has 2 aromatic carbocycles. The van der Waals surface area contributed by atoms with Crippen LogP contribution in [0.1, 0.15) is 87.9 Å². The summed E-state index contributed by atoms with van der Waals surface area (Å²) in [4.78, 5) is 71.4. The number of benzene rings is 2. The summed E-state index contributed by atoms with van der Waals surface area (Å²) in [6.07, 6.45) is 2.27. The number of nitro groups is 4. The summed E-state index contributed by atoms with van der Waals surface area (Å²) >= 11 is 0. The molecule has 53 heavy (non-hydrogen) atoms. The average Bonchev–Trinajstić information content (AvgIpc) is 3.15. The smallest absolute Gasteiger partial charge is 0.339 e. The Labute approximate surface area is 309 Å². The fraction of sp³-hybridized carbons (Fsp3) is 0.543. The van der Waals surface area contributed by atoms with Crippen LogP contribution in [0.2, 0.25) is 36.3 Å². The summed E-state index contributed by atoms with van der Waals surface area (Å²) in [5, 5.41) is 46.1. The molecule has 0 amide bonds. The van der Waals surface area contributed by atoms with Gasteiger partial charge in [0.15, 0.2) is 0 Å². The number of rotatable bonds is 18. The largest absolute Gasteiger partial charge is 0.459 e. The molecule has 0 saturated heterocycles. The fourth-order valence-electron chi connectivity index (χ4n) is 7.83. The van der Waals surface area contributed by atoms with Crippen molar-refractivity contribution in [2.24, 2.45) is 5.92 Å². The summed E-state index contributed by atoms with van der Waals surface area (Å²) in [5.74, 6) is -2.34. The van der Waals surface area contributed by atoms with E-state index in [0.717, 1.165) is 72.7 Å². The Morgan fingerprint density at radius 2 is 1.04 bits per heavy atom. The highest BCUT2D eigenvalue weighted by Crippen LogP contribution is 2.42. The maximum Gasteiger partial charge on any atom is 0.339 e. The minimum Gasteiger partial charge on any atom is -0.459 e. The molecule has 0 unspecified atom stereocenters. The quantitative estimate of drug-likeness (QED) is 0.0598. The van der Waals surface area contributed by atoms with Crippen LogP contribution in [-0.4, -0.2) is 60.0 Å². The van der Waals surface area contributed by atoms with Gasteiger partial charge in [-0.15, -0.1) is 0 Å². The van der Waals surface area contributed by atoms with E-state index in [0.29, 0.717) is 19.3 Å². The molecular weight excluding hydrogens is 725 g/mol. The Morgan fingerprint density at radius 3 is 1.40 bits per heavy atom. The van der Waals surface area contributed by atoms with E-state index >= 15 is 0 Å². The van der Waals surface area contributed by atoms with Crippen LogP contribution < -0.4 is 0 Å². The number of hydrogen-bond acceptors (Lipinski definition) is 12. The van der Waals surface area contributed by atoms with Crippen LogP contribution in [-0.2, 0) is 9.47 Å². The molecule has 0 radical (unpaired) electrons. The van der Waals surface area contributed by atoms with Crippen LogP contribution in [0.4, 0.5) is 22.7 Å². The molecule has 0 aromatic heterocycles. The lowest BCUT2D eigenvalue weighted by Gasteiger charge is -2.44. The Kier molecular flexibility index (Phi) is 14.7. The van der Waals surface area contributed by atoms with Crippen molar-refractivity contribution in [1.29, 1.82) is 0 Å². The zero-order valence-electron chi connectivity index (χ0n) is 31.0. The van der Waals surface area contributed by atoms with E-state index < -0.39 is 88.7 Å². The monoisotopic (exact) mass is 772 g/mol. The van der Waals surface area contributed by atoms with Crippen molar-refractivity contribution in [3.8, 4) is 0 Å². The number of ether oxygens (including phenoxy) is 2. The number of carbonyl (C=O) groups is 2. The topological polar surface area (TPSA) is 225 Å². The molecule has 2 aromatic rings. The van der Waals surface area contributed by atoms with Crippen molar-refractivity contribution in [1.82, 2.24) is 0 Å². The number of nitrogens with zero attached hydrogens (tertiary/aromatic N) is 4. The molecule has 0 N–H and O–H groups in total. The molecule has 288 valence electrons. The molecule has 18 heteroatoms. The van der Waals surface area contributed by atoms with Gasteiger partial charge in [-0.05, 0) is 25.7 Å². The lowest BCUT2D eigenvalue weighted by Crippen LogP contribution is -2.50. The molecule has 3 rings (SSSR count). The minimum atomic E-state index is -2.11. The third-order valence-corrected chi connectivity index (χ3v) is 25.2. The van der Waals surface area contributed by atoms with E-state index in [1.807, 2.05) is 0 Å². The number of carbonyl (C=O) groups excluding carboxylic acids is 2. The molecule has 1 saturated carbocycles. The van der Waals surface area contributed by atoms with Crippen LogP contribution in [0, 0.1) is 46.4 Å². The molecule has 1 aliphatic rings. The van der Waals surface area contributed by atoms with Crippen molar-refractivity contribution in [3.05, 3.63) is 98.9 Å². The highest BCUT2D eigenvalue weighted by molar-refractivity contribution is 7.07. The van der Waals surface area contributed by atoms with Crippen LogP contribution in [0.15, 0.2) is 47.3 Å². The second-order valence-corrected chi connectivity index (χ2v) is 24.5. The van der Waals surface area contributed by atoms with Gasteiger partial charge >= 0.3 is 11.9 Å². The van der Waals surface area contributed by atoms with Gasteiger partial charge in [0, 0.05) is 30.2 Å². The number of non-ortho nitro benzene ring substituents is 4. The molecule has 0 aliphatic heterocycles. The molecule has 0 bridgehead atoms. The summed E-state index contributed by atoms with van der Waals surface area (Å²) in [6.45, 7) is 13.2. The van der Waals surface area contributed by atoms with Gasteiger partial charge in [-0.3, -0.25) is 40.5 Å². The third kappa shape index (κ3) is 9.78. The van der Waals surface area contributed by atoms with E-state index in [-0.39, 0.29) is 17.5 Å². The van der Waals surface area contributed by atoms with E-state index in [1.54, 1.807) is 0 Å². The third-order valence-electron chi connectivity index (χ3n) is 11.3. The second-order valence-electron chi connectivity index (χ2n) is 13.6. The second kappa shape index (κ2) is 18.3. The van der Waals surface area contributed by atoms with Crippen LogP contribution in [0.3, 0.4) is 0 Å². The molecule has 1 aliphatic carbocycles. The zero-order chi connectivity index (χ0) is 39.7. The van der Waals surface area contributed by atoms with Gasteiger partial charge in [-0.2, -0.15) is 0 Å². The summed E-state index contributed by atoms with van der Waals surface area (Å²) in [7, 11) is -4.22.